The molecule has 1 aromatic carbocycles. The number of ether oxygens (including phenoxy) is 1. The SMILES string of the molecule is CCCOc1c(Cl)cc(Cl)cc1CN[C@@H](CC)CO. The number of aliphatic hydroxyl groups excluding tert-OH is 1. The van der Waals surface area contributed by atoms with E-state index in [-0.39, 0.29) is 12.6 Å². The summed E-state index contributed by atoms with van der Waals surface area (Å²) < 4.78 is 5.68. The first kappa shape index (κ1) is 16.6. The highest BCUT2D eigenvalue weighted by Gasteiger charge is 2.12. The largest absolute Gasteiger partial charge is 0.492 e. The Kier molecular flexibility index (Phi) is 7.54. The molecular weight excluding hydrogens is 285 g/mol. The summed E-state index contributed by atoms with van der Waals surface area (Å²) in [5, 5.41) is 13.5. The van der Waals surface area contributed by atoms with Crippen LogP contribution in [0.1, 0.15) is 32.3 Å². The van der Waals surface area contributed by atoms with Crippen LogP contribution in [-0.4, -0.2) is 24.4 Å². The zero-order valence-electron chi connectivity index (χ0n) is 11.4. The summed E-state index contributed by atoms with van der Waals surface area (Å²) in [6.45, 7) is 5.36. The number of nitrogens with one attached hydrogen (secondary N) is 1. The molecule has 1 aromatic rings. The van der Waals surface area contributed by atoms with E-state index >= 15 is 0 Å². The summed E-state index contributed by atoms with van der Waals surface area (Å²) in [5.41, 5.74) is 0.915. The standard InChI is InChI=1S/C14H21Cl2NO2/c1-3-5-19-14-10(6-11(15)7-13(14)16)8-17-12(4-2)9-18/h6-7,12,17-18H,3-5,8-9H2,1-2H3/t12-/m0/s1. The predicted octanol–water partition coefficient (Wildman–Crippen LogP) is 3.64. The van der Waals surface area contributed by atoms with Crippen LogP contribution < -0.4 is 10.1 Å². The van der Waals surface area contributed by atoms with Crippen LogP contribution in [0.4, 0.5) is 0 Å². The van der Waals surface area contributed by atoms with Gasteiger partial charge in [0, 0.05) is 23.2 Å². The average Bonchev–Trinajstić information content (AvgIpc) is 2.38. The lowest BCUT2D eigenvalue weighted by Crippen LogP contribution is -2.31. The summed E-state index contributed by atoms with van der Waals surface area (Å²) in [6, 6.07) is 3.59. The van der Waals surface area contributed by atoms with Crippen molar-refractivity contribution in [2.45, 2.75) is 39.3 Å². The van der Waals surface area contributed by atoms with Gasteiger partial charge in [-0.15, -0.1) is 0 Å². The molecule has 0 unspecified atom stereocenters. The zero-order chi connectivity index (χ0) is 14.3. The lowest BCUT2D eigenvalue weighted by Gasteiger charge is -2.17. The van der Waals surface area contributed by atoms with Gasteiger partial charge in [-0.3, -0.25) is 0 Å². The fourth-order valence-electron chi connectivity index (χ4n) is 1.70. The van der Waals surface area contributed by atoms with E-state index in [1.807, 2.05) is 19.9 Å². The van der Waals surface area contributed by atoms with Gasteiger partial charge in [-0.05, 0) is 25.0 Å². The number of hydrogen-bond acceptors (Lipinski definition) is 3. The van der Waals surface area contributed by atoms with Gasteiger partial charge in [0.1, 0.15) is 5.75 Å². The summed E-state index contributed by atoms with van der Waals surface area (Å²) >= 11 is 12.2. The number of halogens is 2. The second-order valence-corrected chi connectivity index (χ2v) is 5.24. The molecule has 2 N–H and O–H groups in total. The van der Waals surface area contributed by atoms with Crippen molar-refractivity contribution in [2.75, 3.05) is 13.2 Å². The van der Waals surface area contributed by atoms with Crippen LogP contribution in [0.2, 0.25) is 10.0 Å². The lowest BCUT2D eigenvalue weighted by molar-refractivity contribution is 0.237. The molecular formula is C14H21Cl2NO2. The molecule has 0 aliphatic rings. The zero-order valence-corrected chi connectivity index (χ0v) is 12.9. The second-order valence-electron chi connectivity index (χ2n) is 4.39. The third kappa shape index (κ3) is 5.19. The molecule has 0 heterocycles. The molecule has 0 aliphatic carbocycles. The van der Waals surface area contributed by atoms with Crippen LogP contribution in [0.15, 0.2) is 12.1 Å². The first-order valence-electron chi connectivity index (χ1n) is 6.57. The topological polar surface area (TPSA) is 41.5 Å². The Hall–Kier alpha value is -0.480. The van der Waals surface area contributed by atoms with Gasteiger partial charge in [0.25, 0.3) is 0 Å². The number of aliphatic hydroxyl groups is 1. The van der Waals surface area contributed by atoms with Crippen molar-refractivity contribution in [1.29, 1.82) is 0 Å². The minimum atomic E-state index is 0.0665. The van der Waals surface area contributed by atoms with E-state index in [1.165, 1.54) is 0 Å². The van der Waals surface area contributed by atoms with Gasteiger partial charge in [-0.1, -0.05) is 37.0 Å². The molecule has 1 rings (SSSR count). The van der Waals surface area contributed by atoms with Crippen molar-refractivity contribution in [3.05, 3.63) is 27.7 Å². The molecule has 0 saturated carbocycles. The molecule has 0 aromatic heterocycles. The number of benzene rings is 1. The Morgan fingerprint density at radius 2 is 2.05 bits per heavy atom. The molecule has 0 amide bonds. The Bertz CT molecular complexity index is 395. The van der Waals surface area contributed by atoms with Crippen LogP contribution in [-0.2, 0) is 6.54 Å². The number of rotatable bonds is 8. The maximum atomic E-state index is 9.18. The Labute approximate surface area is 124 Å². The van der Waals surface area contributed by atoms with Gasteiger partial charge in [0.15, 0.2) is 0 Å². The Morgan fingerprint density at radius 3 is 2.63 bits per heavy atom. The van der Waals surface area contributed by atoms with Crippen molar-refractivity contribution in [1.82, 2.24) is 5.32 Å². The summed E-state index contributed by atoms with van der Waals surface area (Å²) in [7, 11) is 0. The predicted molar refractivity (Wildman–Crippen MR) is 80.3 cm³/mol. The first-order chi connectivity index (χ1) is 9.12. The van der Waals surface area contributed by atoms with E-state index in [1.54, 1.807) is 6.07 Å². The second kappa shape index (κ2) is 8.64. The maximum absolute atomic E-state index is 9.18. The van der Waals surface area contributed by atoms with E-state index in [9.17, 15) is 5.11 Å². The van der Waals surface area contributed by atoms with Gasteiger partial charge < -0.3 is 15.2 Å². The first-order valence-corrected chi connectivity index (χ1v) is 7.32. The van der Waals surface area contributed by atoms with Crippen molar-refractivity contribution in [3.8, 4) is 5.75 Å². The maximum Gasteiger partial charge on any atom is 0.142 e. The van der Waals surface area contributed by atoms with E-state index in [2.05, 4.69) is 5.32 Å². The van der Waals surface area contributed by atoms with E-state index in [4.69, 9.17) is 27.9 Å². The van der Waals surface area contributed by atoms with Gasteiger partial charge in [-0.2, -0.15) is 0 Å². The molecule has 1 atom stereocenters. The van der Waals surface area contributed by atoms with Gasteiger partial charge in [-0.25, -0.2) is 0 Å². The van der Waals surface area contributed by atoms with Crippen molar-refractivity contribution in [3.63, 3.8) is 0 Å². The quantitative estimate of drug-likeness (QED) is 0.770. The number of hydrogen-bond donors (Lipinski definition) is 2. The third-order valence-electron chi connectivity index (χ3n) is 2.83. The van der Waals surface area contributed by atoms with E-state index in [0.29, 0.717) is 28.9 Å². The average molecular weight is 306 g/mol. The molecule has 19 heavy (non-hydrogen) atoms. The molecule has 108 valence electrons. The van der Waals surface area contributed by atoms with Crippen LogP contribution in [0.5, 0.6) is 5.75 Å². The molecule has 0 aliphatic heterocycles. The fraction of sp³-hybridized carbons (Fsp3) is 0.571. The highest BCUT2D eigenvalue weighted by molar-refractivity contribution is 6.35. The van der Waals surface area contributed by atoms with Crippen molar-refractivity contribution < 1.29 is 9.84 Å². The van der Waals surface area contributed by atoms with Crippen LogP contribution in [0.3, 0.4) is 0 Å². The lowest BCUT2D eigenvalue weighted by atomic mass is 10.1. The molecule has 0 fully saturated rings. The highest BCUT2D eigenvalue weighted by atomic mass is 35.5. The Balaban J connectivity index is 2.84. The minimum absolute atomic E-state index is 0.0665. The monoisotopic (exact) mass is 305 g/mol. The molecule has 0 bridgehead atoms. The summed E-state index contributed by atoms with van der Waals surface area (Å²) in [6.07, 6.45) is 1.77. The highest BCUT2D eigenvalue weighted by Crippen LogP contribution is 2.32. The van der Waals surface area contributed by atoms with Crippen LogP contribution >= 0.6 is 23.2 Å². The van der Waals surface area contributed by atoms with Crippen LogP contribution in [0.25, 0.3) is 0 Å². The van der Waals surface area contributed by atoms with Gasteiger partial charge in [0.2, 0.25) is 0 Å². The molecule has 3 nitrogen and oxygen atoms in total. The molecule has 0 radical (unpaired) electrons. The van der Waals surface area contributed by atoms with E-state index in [0.717, 1.165) is 18.4 Å². The van der Waals surface area contributed by atoms with Gasteiger partial charge >= 0.3 is 0 Å². The smallest absolute Gasteiger partial charge is 0.142 e. The summed E-state index contributed by atoms with van der Waals surface area (Å²) in [4.78, 5) is 0. The molecule has 0 spiro atoms. The normalized spacial score (nSPS) is 12.5. The van der Waals surface area contributed by atoms with Gasteiger partial charge in [0.05, 0.1) is 18.2 Å². The minimum Gasteiger partial charge on any atom is -0.492 e. The van der Waals surface area contributed by atoms with Crippen molar-refractivity contribution in [2.24, 2.45) is 0 Å². The van der Waals surface area contributed by atoms with Crippen molar-refractivity contribution >= 4 is 23.2 Å². The Morgan fingerprint density at radius 1 is 1.32 bits per heavy atom. The molecule has 0 saturated heterocycles. The third-order valence-corrected chi connectivity index (χ3v) is 3.33. The summed E-state index contributed by atoms with van der Waals surface area (Å²) in [5.74, 6) is 0.674. The molecule has 5 heteroatoms. The fourth-order valence-corrected chi connectivity index (χ4v) is 2.29. The van der Waals surface area contributed by atoms with Crippen LogP contribution in [0, 0.1) is 0 Å². The van der Waals surface area contributed by atoms with E-state index < -0.39 is 0 Å².